The van der Waals surface area contributed by atoms with Gasteiger partial charge < -0.3 is 9.84 Å². The van der Waals surface area contributed by atoms with Gasteiger partial charge in [0, 0.05) is 0 Å². The molecule has 0 aromatic carbocycles. The van der Waals surface area contributed by atoms with Crippen molar-refractivity contribution in [1.29, 1.82) is 0 Å². The zero-order valence-electron chi connectivity index (χ0n) is 13.7. The highest BCUT2D eigenvalue weighted by Gasteiger charge is 2.35. The van der Waals surface area contributed by atoms with Crippen LogP contribution in [0.1, 0.15) is 40.0 Å². The quantitative estimate of drug-likeness (QED) is 0.239. The monoisotopic (exact) mass is 328 g/mol. The summed E-state index contributed by atoms with van der Waals surface area (Å²) >= 11 is 0. The Hall–Kier alpha value is -1.89. The number of ether oxygens (including phenoxy) is 1. The van der Waals surface area contributed by atoms with Crippen molar-refractivity contribution in [1.82, 2.24) is 0 Å². The fourth-order valence-corrected chi connectivity index (χ4v) is 1.98. The third-order valence-electron chi connectivity index (χ3n) is 4.03. The number of carbonyl (C=O) groups excluding carboxylic acids is 2. The molecule has 7 heteroatoms. The number of carboxylic acid groups (broad SMARTS) is 1. The molecule has 0 spiro atoms. The minimum Gasteiger partial charge on any atom is -0.481 e. The smallest absolute Gasteiger partial charge is 0.347 e. The highest BCUT2D eigenvalue weighted by molar-refractivity contribution is 5.81. The number of rotatable bonds is 8. The fourth-order valence-electron chi connectivity index (χ4n) is 1.98. The van der Waals surface area contributed by atoms with E-state index in [0.717, 1.165) is 0 Å². The van der Waals surface area contributed by atoms with E-state index in [2.05, 4.69) is 4.89 Å². The maximum Gasteiger partial charge on any atom is 0.347 e. The van der Waals surface area contributed by atoms with E-state index in [1.807, 2.05) is 6.92 Å². The maximum atomic E-state index is 11.9. The first-order valence-corrected chi connectivity index (χ1v) is 7.68. The molecule has 130 valence electrons. The van der Waals surface area contributed by atoms with Crippen LogP contribution in [0.5, 0.6) is 0 Å². The Labute approximate surface area is 135 Å². The van der Waals surface area contributed by atoms with Gasteiger partial charge in [-0.05, 0) is 33.1 Å². The second-order valence-electron chi connectivity index (χ2n) is 6.09. The molecule has 0 radical (unpaired) electrons. The first kappa shape index (κ1) is 19.2. The molecule has 0 saturated heterocycles. The number of carboxylic acids is 1. The molecule has 1 aliphatic carbocycles. The zero-order chi connectivity index (χ0) is 17.5. The lowest BCUT2D eigenvalue weighted by molar-refractivity contribution is -0.283. The Balaban J connectivity index is 2.30. The van der Waals surface area contributed by atoms with Crippen LogP contribution in [0, 0.1) is 17.3 Å². The van der Waals surface area contributed by atoms with E-state index in [1.54, 1.807) is 26.0 Å². The average molecular weight is 328 g/mol. The molecule has 1 rings (SSSR count). The van der Waals surface area contributed by atoms with Gasteiger partial charge in [-0.3, -0.25) is 14.5 Å². The molecule has 1 aliphatic rings. The van der Waals surface area contributed by atoms with E-state index in [4.69, 9.17) is 14.7 Å². The molecule has 2 unspecified atom stereocenters. The summed E-state index contributed by atoms with van der Waals surface area (Å²) in [6, 6.07) is 0. The van der Waals surface area contributed by atoms with Crippen LogP contribution in [-0.4, -0.2) is 36.2 Å². The van der Waals surface area contributed by atoms with Gasteiger partial charge in [-0.1, -0.05) is 19.1 Å². The lowest BCUT2D eigenvalue weighted by Gasteiger charge is -2.23. The summed E-state index contributed by atoms with van der Waals surface area (Å²) in [5.41, 5.74) is -0.639. The van der Waals surface area contributed by atoms with Crippen LogP contribution in [0.3, 0.4) is 0 Å². The molecule has 0 amide bonds. The molecule has 0 fully saturated rings. The number of aliphatic carboxylic acids is 1. The van der Waals surface area contributed by atoms with Gasteiger partial charge in [-0.2, -0.15) is 4.89 Å². The van der Waals surface area contributed by atoms with E-state index in [1.165, 1.54) is 0 Å². The predicted octanol–water partition coefficient (Wildman–Crippen LogP) is 2.11. The average Bonchev–Trinajstić information content (AvgIpc) is 2.53. The fraction of sp³-hybridized carbons (Fsp3) is 0.688. The Morgan fingerprint density at radius 1 is 1.13 bits per heavy atom. The molecular weight excluding hydrogens is 304 g/mol. The van der Waals surface area contributed by atoms with Crippen LogP contribution < -0.4 is 0 Å². The largest absolute Gasteiger partial charge is 0.481 e. The number of allylic oxidation sites excluding steroid dienone is 2. The summed E-state index contributed by atoms with van der Waals surface area (Å²) in [7, 11) is 0. The molecule has 0 aromatic heterocycles. The Bertz CT molecular complexity index is 467. The predicted molar refractivity (Wildman–Crippen MR) is 80.1 cm³/mol. The summed E-state index contributed by atoms with van der Waals surface area (Å²) < 4.78 is 5.00. The van der Waals surface area contributed by atoms with Crippen molar-refractivity contribution in [2.24, 2.45) is 17.3 Å². The maximum absolute atomic E-state index is 11.9. The first-order valence-electron chi connectivity index (χ1n) is 7.68. The molecular formula is C16H24O7. The highest BCUT2D eigenvalue weighted by atomic mass is 17.2. The van der Waals surface area contributed by atoms with E-state index in [0.29, 0.717) is 19.3 Å². The second-order valence-corrected chi connectivity index (χ2v) is 6.09. The summed E-state index contributed by atoms with van der Waals surface area (Å²) in [6.45, 7) is 5.13. The number of hydrogen-bond donors (Lipinski definition) is 1. The van der Waals surface area contributed by atoms with Crippen molar-refractivity contribution >= 4 is 17.9 Å². The normalized spacial score (nSPS) is 20.8. The molecule has 0 heterocycles. The molecule has 2 atom stereocenters. The number of hydrogen-bond acceptors (Lipinski definition) is 6. The molecule has 0 aromatic rings. The van der Waals surface area contributed by atoms with Gasteiger partial charge in [0.15, 0.2) is 0 Å². The van der Waals surface area contributed by atoms with Gasteiger partial charge in [0.05, 0.1) is 17.3 Å². The van der Waals surface area contributed by atoms with Crippen LogP contribution in [-0.2, 0) is 28.9 Å². The van der Waals surface area contributed by atoms with Crippen molar-refractivity contribution in [2.45, 2.75) is 40.0 Å². The first-order chi connectivity index (χ1) is 10.8. The zero-order valence-corrected chi connectivity index (χ0v) is 13.7. The van der Waals surface area contributed by atoms with E-state index >= 15 is 0 Å². The lowest BCUT2D eigenvalue weighted by atomic mass is 9.83. The van der Waals surface area contributed by atoms with Crippen molar-refractivity contribution in [3.05, 3.63) is 12.2 Å². The van der Waals surface area contributed by atoms with Crippen molar-refractivity contribution in [3.8, 4) is 0 Å². The van der Waals surface area contributed by atoms with Gasteiger partial charge in [0.2, 0.25) is 0 Å². The van der Waals surface area contributed by atoms with Crippen LogP contribution in [0.4, 0.5) is 0 Å². The van der Waals surface area contributed by atoms with Gasteiger partial charge in [0.25, 0.3) is 0 Å². The van der Waals surface area contributed by atoms with Crippen LogP contribution in [0.2, 0.25) is 0 Å². The molecule has 0 bridgehead atoms. The van der Waals surface area contributed by atoms with Gasteiger partial charge in [0.1, 0.15) is 13.2 Å². The SMILES string of the molecule is CCC(C)(C)C(=O)OOCCOC(=O)C1CC=CCC1C(=O)O. The van der Waals surface area contributed by atoms with Crippen molar-refractivity contribution < 1.29 is 34.0 Å². The summed E-state index contributed by atoms with van der Waals surface area (Å²) in [4.78, 5) is 44.1. The van der Waals surface area contributed by atoms with E-state index < -0.39 is 35.2 Å². The number of carbonyl (C=O) groups is 3. The van der Waals surface area contributed by atoms with Crippen molar-refractivity contribution in [3.63, 3.8) is 0 Å². The summed E-state index contributed by atoms with van der Waals surface area (Å²) in [5.74, 6) is -3.54. The minimum absolute atomic E-state index is 0.0996. The van der Waals surface area contributed by atoms with Crippen LogP contribution in [0.15, 0.2) is 12.2 Å². The Morgan fingerprint density at radius 2 is 1.74 bits per heavy atom. The van der Waals surface area contributed by atoms with Crippen LogP contribution >= 0.6 is 0 Å². The van der Waals surface area contributed by atoms with Crippen molar-refractivity contribution in [2.75, 3.05) is 13.2 Å². The van der Waals surface area contributed by atoms with Gasteiger partial charge in [-0.15, -0.1) is 0 Å². The number of esters is 1. The molecule has 0 aliphatic heterocycles. The van der Waals surface area contributed by atoms with Gasteiger partial charge in [-0.25, -0.2) is 4.79 Å². The third-order valence-corrected chi connectivity index (χ3v) is 4.03. The second kappa shape index (κ2) is 8.67. The van der Waals surface area contributed by atoms with E-state index in [-0.39, 0.29) is 13.2 Å². The van der Waals surface area contributed by atoms with Crippen LogP contribution in [0.25, 0.3) is 0 Å². The molecule has 1 N–H and O–H groups in total. The molecule has 23 heavy (non-hydrogen) atoms. The lowest BCUT2D eigenvalue weighted by Crippen LogP contribution is -2.33. The third kappa shape index (κ3) is 5.67. The summed E-state index contributed by atoms with van der Waals surface area (Å²) in [6.07, 6.45) is 4.79. The highest BCUT2D eigenvalue weighted by Crippen LogP contribution is 2.27. The topological polar surface area (TPSA) is 99.1 Å². The van der Waals surface area contributed by atoms with E-state index in [9.17, 15) is 14.4 Å². The Kier molecular flexibility index (Phi) is 7.22. The standard InChI is InChI=1S/C16H24O7/c1-4-16(2,3)15(20)23-22-10-9-21-14(19)12-8-6-5-7-11(12)13(17)18/h5-6,11-12H,4,7-10H2,1-3H3,(H,17,18). The summed E-state index contributed by atoms with van der Waals surface area (Å²) in [5, 5.41) is 9.10. The molecule has 7 nitrogen and oxygen atoms in total. The molecule has 0 saturated carbocycles. The van der Waals surface area contributed by atoms with Gasteiger partial charge >= 0.3 is 17.9 Å². The minimum atomic E-state index is -1.01. The Morgan fingerprint density at radius 3 is 2.30 bits per heavy atom.